The Morgan fingerprint density at radius 1 is 1.15 bits per heavy atom. The minimum atomic E-state index is 0.316. The smallest absolute Gasteiger partial charge is 0.116 e. The molecule has 0 aliphatic carbocycles. The zero-order valence-electron chi connectivity index (χ0n) is 12.8. The summed E-state index contributed by atoms with van der Waals surface area (Å²) in [5.41, 5.74) is 5.04. The Balaban J connectivity index is 2.56. The monoisotopic (exact) mass is 266 g/mol. The quantitative estimate of drug-likeness (QED) is 0.747. The Hall–Kier alpha value is -2.09. The predicted octanol–water partition coefficient (Wildman–Crippen LogP) is 4.84. The first kappa shape index (κ1) is 14.3. The van der Waals surface area contributed by atoms with Crippen LogP contribution in [0.1, 0.15) is 26.3 Å². The van der Waals surface area contributed by atoms with Gasteiger partial charge in [0.1, 0.15) is 5.84 Å². The van der Waals surface area contributed by atoms with Crippen LogP contribution in [0.3, 0.4) is 0 Å². The number of allylic oxidation sites excluding steroid dienone is 1. The number of nitrogens with zero attached hydrogens (tertiary/aromatic N) is 2. The maximum absolute atomic E-state index is 4.75. The van der Waals surface area contributed by atoms with E-state index in [9.17, 15) is 0 Å². The summed E-state index contributed by atoms with van der Waals surface area (Å²) in [5.74, 6) is 1.33. The van der Waals surface area contributed by atoms with E-state index in [1.807, 2.05) is 13.0 Å². The molecule has 1 aliphatic heterocycles. The fourth-order valence-electron chi connectivity index (χ4n) is 2.27. The molecular formula is C18H22N2. The van der Waals surface area contributed by atoms with Crippen LogP contribution in [0.15, 0.2) is 65.5 Å². The number of aliphatic imine (C=N–C) groups is 1. The fraction of sp³-hybridized carbons (Fsp3) is 0.278. The third-order valence-electron chi connectivity index (χ3n) is 3.47. The summed E-state index contributed by atoms with van der Waals surface area (Å²) in [6.45, 7) is 16.7. The van der Waals surface area contributed by atoms with E-state index in [0.29, 0.717) is 5.92 Å². The first-order valence-corrected chi connectivity index (χ1v) is 6.96. The highest BCUT2D eigenvalue weighted by atomic mass is 15.2. The molecule has 0 fully saturated rings. The lowest BCUT2D eigenvalue weighted by molar-refractivity contribution is 0.847. The van der Waals surface area contributed by atoms with E-state index in [1.54, 1.807) is 0 Å². The maximum atomic E-state index is 4.75. The van der Waals surface area contributed by atoms with Crippen LogP contribution in [-0.4, -0.2) is 5.84 Å². The summed E-state index contributed by atoms with van der Waals surface area (Å²) >= 11 is 0. The largest absolute Gasteiger partial charge is 0.298 e. The van der Waals surface area contributed by atoms with Gasteiger partial charge in [-0.3, -0.25) is 4.90 Å². The zero-order valence-corrected chi connectivity index (χ0v) is 12.8. The molecule has 0 radical (unpaired) electrons. The molecule has 20 heavy (non-hydrogen) atoms. The highest BCUT2D eigenvalue weighted by Crippen LogP contribution is 2.33. The Labute approximate surface area is 121 Å². The van der Waals surface area contributed by atoms with Crippen LogP contribution in [0.25, 0.3) is 0 Å². The van der Waals surface area contributed by atoms with Crippen molar-refractivity contribution in [1.82, 2.24) is 0 Å². The van der Waals surface area contributed by atoms with Gasteiger partial charge in [-0.1, -0.05) is 50.8 Å². The Bertz CT molecular complexity index is 601. The summed E-state index contributed by atoms with van der Waals surface area (Å²) in [4.78, 5) is 6.87. The van der Waals surface area contributed by atoms with Crippen molar-refractivity contribution in [3.63, 3.8) is 0 Å². The van der Waals surface area contributed by atoms with Gasteiger partial charge >= 0.3 is 0 Å². The second-order valence-electron chi connectivity index (χ2n) is 5.39. The lowest BCUT2D eigenvalue weighted by Gasteiger charge is -2.35. The van der Waals surface area contributed by atoms with Crippen LogP contribution in [0, 0.1) is 12.8 Å². The van der Waals surface area contributed by atoms with Gasteiger partial charge in [-0.15, -0.1) is 0 Å². The number of amidine groups is 1. The van der Waals surface area contributed by atoms with Crippen LogP contribution >= 0.6 is 0 Å². The molecule has 2 nitrogen and oxygen atoms in total. The van der Waals surface area contributed by atoms with Gasteiger partial charge in [0, 0.05) is 22.9 Å². The summed E-state index contributed by atoms with van der Waals surface area (Å²) in [6, 6.07) is 8.42. The average molecular weight is 266 g/mol. The second-order valence-corrected chi connectivity index (χ2v) is 5.39. The molecule has 0 N–H and O–H groups in total. The molecule has 0 unspecified atom stereocenters. The highest BCUT2D eigenvalue weighted by Gasteiger charge is 2.27. The van der Waals surface area contributed by atoms with Crippen molar-refractivity contribution in [2.75, 3.05) is 4.90 Å². The average Bonchev–Trinajstić information content (AvgIpc) is 2.42. The van der Waals surface area contributed by atoms with E-state index in [1.165, 1.54) is 5.56 Å². The number of hydrogen-bond acceptors (Lipinski definition) is 2. The van der Waals surface area contributed by atoms with Gasteiger partial charge in [0.15, 0.2) is 0 Å². The molecule has 1 aromatic rings. The van der Waals surface area contributed by atoms with E-state index in [4.69, 9.17) is 4.99 Å². The standard InChI is InChI=1S/C18H22N2/c1-7-17-14(5)15(6)20(18(19-17)12(2)3)16-10-8-13(4)9-11-16/h7-12H,5-6H2,1-4H3/b17-7-. The molecule has 0 bridgehead atoms. The number of rotatable bonds is 2. The molecule has 104 valence electrons. The molecule has 0 spiro atoms. The lowest BCUT2D eigenvalue weighted by atomic mass is 10.0. The molecule has 0 atom stereocenters. The van der Waals surface area contributed by atoms with Crippen molar-refractivity contribution < 1.29 is 0 Å². The van der Waals surface area contributed by atoms with Crippen molar-refractivity contribution in [2.45, 2.75) is 27.7 Å². The van der Waals surface area contributed by atoms with Gasteiger partial charge in [0.05, 0.1) is 5.70 Å². The van der Waals surface area contributed by atoms with Crippen LogP contribution in [0.5, 0.6) is 0 Å². The molecule has 1 heterocycles. The van der Waals surface area contributed by atoms with Gasteiger partial charge in [0.2, 0.25) is 0 Å². The van der Waals surface area contributed by atoms with Crippen LogP contribution in [0.4, 0.5) is 5.69 Å². The molecule has 0 aromatic heterocycles. The lowest BCUT2D eigenvalue weighted by Crippen LogP contribution is -2.37. The minimum absolute atomic E-state index is 0.316. The van der Waals surface area contributed by atoms with Gasteiger partial charge in [-0.05, 0) is 26.0 Å². The normalized spacial score (nSPS) is 17.9. The molecule has 1 aliphatic rings. The van der Waals surface area contributed by atoms with E-state index in [-0.39, 0.29) is 0 Å². The molecule has 1 aromatic carbocycles. The van der Waals surface area contributed by atoms with E-state index < -0.39 is 0 Å². The Kier molecular flexibility index (Phi) is 3.93. The van der Waals surface area contributed by atoms with E-state index in [2.05, 4.69) is 63.1 Å². The molecular weight excluding hydrogens is 244 g/mol. The van der Waals surface area contributed by atoms with Gasteiger partial charge in [0.25, 0.3) is 0 Å². The predicted molar refractivity (Wildman–Crippen MR) is 88.0 cm³/mol. The number of anilines is 1. The Morgan fingerprint density at radius 3 is 2.25 bits per heavy atom. The molecule has 0 saturated carbocycles. The SMILES string of the molecule is C=C1C(=C)N(c2ccc(C)cc2)C(C(C)C)=N/C1=C\C. The number of benzene rings is 1. The van der Waals surface area contributed by atoms with Gasteiger partial charge < -0.3 is 0 Å². The summed E-state index contributed by atoms with van der Waals surface area (Å²) in [7, 11) is 0. The van der Waals surface area contributed by atoms with Crippen LogP contribution in [-0.2, 0) is 0 Å². The van der Waals surface area contributed by atoms with Crippen LogP contribution in [0.2, 0.25) is 0 Å². The highest BCUT2D eigenvalue weighted by molar-refractivity contribution is 6.05. The molecule has 0 amide bonds. The van der Waals surface area contributed by atoms with Crippen molar-refractivity contribution in [1.29, 1.82) is 0 Å². The minimum Gasteiger partial charge on any atom is -0.298 e. The summed E-state index contributed by atoms with van der Waals surface area (Å²) in [5, 5.41) is 0. The number of aryl methyl sites for hydroxylation is 1. The van der Waals surface area contributed by atoms with Gasteiger partial charge in [-0.2, -0.15) is 0 Å². The summed E-state index contributed by atoms with van der Waals surface area (Å²) < 4.78 is 0. The van der Waals surface area contributed by atoms with Crippen LogP contribution < -0.4 is 4.90 Å². The first-order valence-electron chi connectivity index (χ1n) is 6.96. The molecule has 2 rings (SSSR count). The number of hydrogen-bond donors (Lipinski definition) is 0. The third-order valence-corrected chi connectivity index (χ3v) is 3.47. The molecule has 2 heteroatoms. The Morgan fingerprint density at radius 2 is 1.75 bits per heavy atom. The van der Waals surface area contributed by atoms with Crippen molar-refractivity contribution in [3.8, 4) is 0 Å². The third kappa shape index (κ3) is 2.46. The molecule has 0 saturated heterocycles. The second kappa shape index (κ2) is 5.49. The van der Waals surface area contributed by atoms with Gasteiger partial charge in [-0.25, -0.2) is 4.99 Å². The maximum Gasteiger partial charge on any atom is 0.116 e. The topological polar surface area (TPSA) is 15.6 Å². The fourth-order valence-corrected chi connectivity index (χ4v) is 2.27. The summed E-state index contributed by atoms with van der Waals surface area (Å²) in [6.07, 6.45) is 1.99. The first-order chi connectivity index (χ1) is 9.45. The zero-order chi connectivity index (χ0) is 14.9. The van der Waals surface area contributed by atoms with Crippen molar-refractivity contribution in [3.05, 3.63) is 66.0 Å². The van der Waals surface area contributed by atoms with Crippen molar-refractivity contribution >= 4 is 11.5 Å². The van der Waals surface area contributed by atoms with Crippen molar-refractivity contribution in [2.24, 2.45) is 10.9 Å². The van der Waals surface area contributed by atoms with E-state index in [0.717, 1.165) is 28.5 Å². The van der Waals surface area contributed by atoms with E-state index >= 15 is 0 Å².